The maximum absolute atomic E-state index is 11.8. The van der Waals surface area contributed by atoms with Crippen molar-refractivity contribution in [2.75, 3.05) is 13.7 Å². The molecule has 2 amide bonds. The molecule has 1 aromatic rings. The Labute approximate surface area is 128 Å². The first-order chi connectivity index (χ1) is 10.0. The molecule has 0 fully saturated rings. The third kappa shape index (κ3) is 7.10. The minimum absolute atomic E-state index is 0.0583. The number of methoxy groups -OCH3 is 1. The molecule has 1 aromatic heterocycles. The molecule has 6 nitrogen and oxygen atoms in total. The summed E-state index contributed by atoms with van der Waals surface area (Å²) < 4.78 is 4.88. The van der Waals surface area contributed by atoms with Gasteiger partial charge in [-0.3, -0.25) is 0 Å². The van der Waals surface area contributed by atoms with Crippen LogP contribution < -0.4 is 10.6 Å². The molecule has 2 unspecified atom stereocenters. The van der Waals surface area contributed by atoms with Crippen LogP contribution >= 0.6 is 11.3 Å². The van der Waals surface area contributed by atoms with Gasteiger partial charge in [0.15, 0.2) is 0 Å². The Hall–Kier alpha value is -1.60. The number of amides is 2. The molecule has 2 atom stereocenters. The van der Waals surface area contributed by atoms with Crippen LogP contribution in [0.1, 0.15) is 24.6 Å². The predicted molar refractivity (Wildman–Crippen MR) is 81.7 cm³/mol. The van der Waals surface area contributed by atoms with E-state index in [0.717, 1.165) is 6.42 Å². The Morgan fingerprint density at radius 2 is 2.19 bits per heavy atom. The van der Waals surface area contributed by atoms with Gasteiger partial charge < -0.3 is 20.5 Å². The van der Waals surface area contributed by atoms with Gasteiger partial charge in [-0.1, -0.05) is 6.07 Å². The summed E-state index contributed by atoms with van der Waals surface area (Å²) in [7, 11) is 1.56. The van der Waals surface area contributed by atoms with E-state index in [0.29, 0.717) is 19.4 Å². The first-order valence-electron chi connectivity index (χ1n) is 6.84. The number of urea groups is 1. The molecule has 0 bridgehead atoms. The smallest absolute Gasteiger partial charge is 0.326 e. The number of aliphatic carboxylic acids is 1. The monoisotopic (exact) mass is 314 g/mol. The molecule has 7 heteroatoms. The zero-order valence-electron chi connectivity index (χ0n) is 12.3. The van der Waals surface area contributed by atoms with Gasteiger partial charge in [0.2, 0.25) is 0 Å². The Morgan fingerprint density at radius 3 is 2.76 bits per heavy atom. The lowest BCUT2D eigenvalue weighted by Crippen LogP contribution is -2.48. The number of hydrogen-bond donors (Lipinski definition) is 3. The van der Waals surface area contributed by atoms with Crippen molar-refractivity contribution < 1.29 is 19.4 Å². The van der Waals surface area contributed by atoms with E-state index in [1.807, 2.05) is 24.4 Å². The number of ether oxygens (including phenoxy) is 1. The topological polar surface area (TPSA) is 87.7 Å². The summed E-state index contributed by atoms with van der Waals surface area (Å²) in [6.07, 6.45) is 1.65. The van der Waals surface area contributed by atoms with Crippen LogP contribution in [-0.2, 0) is 16.0 Å². The number of carbonyl (C=O) groups is 2. The van der Waals surface area contributed by atoms with Crippen LogP contribution in [-0.4, -0.2) is 42.9 Å². The summed E-state index contributed by atoms with van der Waals surface area (Å²) in [4.78, 5) is 24.1. The minimum atomic E-state index is -1.04. The maximum Gasteiger partial charge on any atom is 0.326 e. The van der Waals surface area contributed by atoms with Crippen LogP contribution in [0.3, 0.4) is 0 Å². The van der Waals surface area contributed by atoms with Crippen LogP contribution in [0, 0.1) is 0 Å². The molecule has 0 aliphatic rings. The van der Waals surface area contributed by atoms with E-state index >= 15 is 0 Å². The van der Waals surface area contributed by atoms with E-state index in [1.54, 1.807) is 18.4 Å². The number of hydrogen-bond acceptors (Lipinski definition) is 4. The molecular weight excluding hydrogens is 292 g/mol. The zero-order valence-corrected chi connectivity index (χ0v) is 13.1. The molecule has 118 valence electrons. The number of carboxylic acids is 1. The quantitative estimate of drug-likeness (QED) is 0.607. The van der Waals surface area contributed by atoms with E-state index in [1.165, 1.54) is 4.88 Å². The van der Waals surface area contributed by atoms with Gasteiger partial charge in [-0.05, 0) is 31.2 Å². The lowest BCUT2D eigenvalue weighted by molar-refractivity contribution is -0.139. The molecule has 0 saturated carbocycles. The third-order valence-electron chi connectivity index (χ3n) is 2.91. The fourth-order valence-electron chi connectivity index (χ4n) is 1.89. The highest BCUT2D eigenvalue weighted by molar-refractivity contribution is 7.09. The summed E-state index contributed by atoms with van der Waals surface area (Å²) in [5.74, 6) is -1.04. The lowest BCUT2D eigenvalue weighted by atomic mass is 10.1. The first-order valence-corrected chi connectivity index (χ1v) is 7.72. The molecule has 0 spiro atoms. The average molecular weight is 314 g/mol. The third-order valence-corrected chi connectivity index (χ3v) is 3.81. The normalized spacial score (nSPS) is 13.4. The van der Waals surface area contributed by atoms with Crippen LogP contribution in [0.15, 0.2) is 17.5 Å². The molecule has 0 aliphatic heterocycles. The summed E-state index contributed by atoms with van der Waals surface area (Å²) in [6, 6.07) is 2.56. The zero-order chi connectivity index (χ0) is 15.7. The van der Waals surface area contributed by atoms with E-state index in [9.17, 15) is 9.59 Å². The summed E-state index contributed by atoms with van der Waals surface area (Å²) in [5.41, 5.74) is 0. The number of nitrogens with one attached hydrogen (secondary N) is 2. The standard InChI is InChI=1S/C14H22N2O4S/c1-10(9-11-5-4-8-21-11)15-14(19)16-12(13(17)18)6-3-7-20-2/h4-5,8,10,12H,3,6-7,9H2,1-2H3,(H,17,18)(H2,15,16,19). The predicted octanol–water partition coefficient (Wildman–Crippen LogP) is 1.86. The molecular formula is C14H22N2O4S. The SMILES string of the molecule is COCCCC(NC(=O)NC(C)Cc1cccs1)C(=O)O. The average Bonchev–Trinajstić information content (AvgIpc) is 2.90. The van der Waals surface area contributed by atoms with Crippen molar-refractivity contribution in [1.82, 2.24) is 10.6 Å². The molecule has 1 rings (SSSR count). The lowest BCUT2D eigenvalue weighted by Gasteiger charge is -2.18. The van der Waals surface area contributed by atoms with Crippen LogP contribution in [0.2, 0.25) is 0 Å². The van der Waals surface area contributed by atoms with Gasteiger partial charge in [-0.15, -0.1) is 11.3 Å². The Bertz CT molecular complexity index is 436. The molecule has 0 radical (unpaired) electrons. The largest absolute Gasteiger partial charge is 0.480 e. The van der Waals surface area contributed by atoms with E-state index in [4.69, 9.17) is 9.84 Å². The molecule has 0 saturated heterocycles. The summed E-state index contributed by atoms with van der Waals surface area (Å²) in [6.45, 7) is 2.36. The Morgan fingerprint density at radius 1 is 1.43 bits per heavy atom. The molecule has 1 heterocycles. The van der Waals surface area contributed by atoms with Crippen molar-refractivity contribution in [3.05, 3.63) is 22.4 Å². The van der Waals surface area contributed by atoms with E-state index in [-0.39, 0.29) is 6.04 Å². The molecule has 0 aliphatic carbocycles. The minimum Gasteiger partial charge on any atom is -0.480 e. The van der Waals surface area contributed by atoms with Crippen molar-refractivity contribution in [3.63, 3.8) is 0 Å². The number of rotatable bonds is 9. The van der Waals surface area contributed by atoms with Crippen molar-refractivity contribution in [3.8, 4) is 0 Å². The molecule has 21 heavy (non-hydrogen) atoms. The van der Waals surface area contributed by atoms with Gasteiger partial charge >= 0.3 is 12.0 Å². The van der Waals surface area contributed by atoms with Crippen LogP contribution in [0.25, 0.3) is 0 Å². The first kappa shape index (κ1) is 17.5. The van der Waals surface area contributed by atoms with Crippen molar-refractivity contribution in [1.29, 1.82) is 0 Å². The van der Waals surface area contributed by atoms with Gasteiger partial charge in [-0.25, -0.2) is 9.59 Å². The second kappa shape index (κ2) is 9.36. The van der Waals surface area contributed by atoms with Crippen molar-refractivity contribution in [2.45, 2.75) is 38.3 Å². The van der Waals surface area contributed by atoms with Crippen molar-refractivity contribution >= 4 is 23.3 Å². The van der Waals surface area contributed by atoms with Gasteiger partial charge in [0.1, 0.15) is 6.04 Å². The highest BCUT2D eigenvalue weighted by atomic mass is 32.1. The van der Waals surface area contributed by atoms with Gasteiger partial charge in [0.05, 0.1) is 0 Å². The summed E-state index contributed by atoms with van der Waals surface area (Å²) in [5, 5.41) is 16.3. The Balaban J connectivity index is 2.36. The number of thiophene rings is 1. The highest BCUT2D eigenvalue weighted by Gasteiger charge is 2.20. The summed E-state index contributed by atoms with van der Waals surface area (Å²) >= 11 is 1.63. The fourth-order valence-corrected chi connectivity index (χ4v) is 2.73. The maximum atomic E-state index is 11.8. The van der Waals surface area contributed by atoms with Gasteiger partial charge in [0, 0.05) is 31.1 Å². The van der Waals surface area contributed by atoms with Crippen LogP contribution in [0.4, 0.5) is 4.79 Å². The van der Waals surface area contributed by atoms with E-state index < -0.39 is 18.0 Å². The number of carbonyl (C=O) groups excluding carboxylic acids is 1. The van der Waals surface area contributed by atoms with Crippen LogP contribution in [0.5, 0.6) is 0 Å². The highest BCUT2D eigenvalue weighted by Crippen LogP contribution is 2.10. The second-order valence-electron chi connectivity index (χ2n) is 4.83. The Kier molecular flexibility index (Phi) is 7.78. The van der Waals surface area contributed by atoms with Gasteiger partial charge in [-0.2, -0.15) is 0 Å². The number of carboxylic acid groups (broad SMARTS) is 1. The molecule has 0 aromatic carbocycles. The van der Waals surface area contributed by atoms with Gasteiger partial charge in [0.25, 0.3) is 0 Å². The fraction of sp³-hybridized carbons (Fsp3) is 0.571. The molecule has 3 N–H and O–H groups in total. The second-order valence-corrected chi connectivity index (χ2v) is 5.86. The van der Waals surface area contributed by atoms with E-state index in [2.05, 4.69) is 10.6 Å². The van der Waals surface area contributed by atoms with Crippen molar-refractivity contribution in [2.24, 2.45) is 0 Å².